The molecule has 1 unspecified atom stereocenters. The van der Waals surface area contributed by atoms with Crippen LogP contribution in [0.5, 0.6) is 11.5 Å². The zero-order valence-corrected chi connectivity index (χ0v) is 16.8. The van der Waals surface area contributed by atoms with E-state index in [2.05, 4.69) is 10.6 Å². The lowest BCUT2D eigenvalue weighted by molar-refractivity contribution is -0.118. The lowest BCUT2D eigenvalue weighted by atomic mass is 10.0. The van der Waals surface area contributed by atoms with Gasteiger partial charge >= 0.3 is 0 Å². The van der Waals surface area contributed by atoms with Crippen molar-refractivity contribution < 1.29 is 23.5 Å². The maximum atomic E-state index is 13.0. The SMILES string of the molecule is COc1cc(Cl)c(NC(=O)C(NC(=O)c2ccc(F)cc2)C(C)C)cc1OC. The van der Waals surface area contributed by atoms with E-state index >= 15 is 0 Å². The van der Waals surface area contributed by atoms with E-state index < -0.39 is 23.7 Å². The van der Waals surface area contributed by atoms with Crippen LogP contribution in [0.3, 0.4) is 0 Å². The van der Waals surface area contributed by atoms with Crippen LogP contribution in [0, 0.1) is 11.7 Å². The van der Waals surface area contributed by atoms with Crippen LogP contribution in [0.1, 0.15) is 24.2 Å². The Morgan fingerprint density at radius 1 is 1.04 bits per heavy atom. The van der Waals surface area contributed by atoms with Crippen LogP contribution in [0.25, 0.3) is 0 Å². The number of methoxy groups -OCH3 is 2. The third-order valence-corrected chi connectivity index (χ3v) is 4.39. The number of rotatable bonds is 7. The fourth-order valence-electron chi connectivity index (χ4n) is 2.52. The highest BCUT2D eigenvalue weighted by molar-refractivity contribution is 6.34. The molecule has 0 bridgehead atoms. The summed E-state index contributed by atoms with van der Waals surface area (Å²) in [6, 6.07) is 7.30. The Hall–Kier alpha value is -2.80. The van der Waals surface area contributed by atoms with Crippen molar-refractivity contribution in [3.05, 3.63) is 52.8 Å². The minimum absolute atomic E-state index is 0.205. The third kappa shape index (κ3) is 5.13. The first kappa shape index (κ1) is 21.5. The number of ether oxygens (including phenoxy) is 2. The highest BCUT2D eigenvalue weighted by Gasteiger charge is 2.26. The molecule has 0 fully saturated rings. The van der Waals surface area contributed by atoms with Crippen molar-refractivity contribution >= 4 is 29.1 Å². The van der Waals surface area contributed by atoms with Gasteiger partial charge in [-0.15, -0.1) is 0 Å². The molecule has 2 N–H and O–H groups in total. The van der Waals surface area contributed by atoms with Gasteiger partial charge in [0.1, 0.15) is 11.9 Å². The molecular formula is C20H22ClFN2O4. The van der Waals surface area contributed by atoms with Gasteiger partial charge in [0, 0.05) is 17.7 Å². The summed E-state index contributed by atoms with van der Waals surface area (Å²) in [6.45, 7) is 3.59. The van der Waals surface area contributed by atoms with E-state index in [1.165, 1.54) is 50.6 Å². The van der Waals surface area contributed by atoms with Crippen molar-refractivity contribution in [2.75, 3.05) is 19.5 Å². The molecule has 8 heteroatoms. The zero-order valence-electron chi connectivity index (χ0n) is 16.0. The third-order valence-electron chi connectivity index (χ3n) is 4.07. The highest BCUT2D eigenvalue weighted by Crippen LogP contribution is 2.36. The summed E-state index contributed by atoms with van der Waals surface area (Å²) in [5.41, 5.74) is 0.579. The van der Waals surface area contributed by atoms with E-state index in [0.29, 0.717) is 17.2 Å². The first-order chi connectivity index (χ1) is 13.3. The van der Waals surface area contributed by atoms with Crippen molar-refractivity contribution in [1.29, 1.82) is 0 Å². The maximum Gasteiger partial charge on any atom is 0.251 e. The second-order valence-electron chi connectivity index (χ2n) is 6.38. The number of hydrogen-bond acceptors (Lipinski definition) is 4. The van der Waals surface area contributed by atoms with Gasteiger partial charge in [-0.2, -0.15) is 0 Å². The van der Waals surface area contributed by atoms with Gasteiger partial charge in [0.05, 0.1) is 24.9 Å². The van der Waals surface area contributed by atoms with Gasteiger partial charge in [0.15, 0.2) is 11.5 Å². The summed E-state index contributed by atoms with van der Waals surface area (Å²) >= 11 is 6.21. The summed E-state index contributed by atoms with van der Waals surface area (Å²) in [7, 11) is 2.95. The van der Waals surface area contributed by atoms with Gasteiger partial charge in [-0.3, -0.25) is 9.59 Å². The van der Waals surface area contributed by atoms with Gasteiger partial charge in [0.2, 0.25) is 5.91 Å². The molecule has 0 saturated heterocycles. The molecule has 2 aromatic rings. The van der Waals surface area contributed by atoms with E-state index in [1.54, 1.807) is 13.8 Å². The van der Waals surface area contributed by atoms with Crippen molar-refractivity contribution in [3.8, 4) is 11.5 Å². The van der Waals surface area contributed by atoms with Crippen LogP contribution in [0.2, 0.25) is 5.02 Å². The second kappa shape index (κ2) is 9.41. The molecule has 1 atom stereocenters. The van der Waals surface area contributed by atoms with E-state index in [9.17, 15) is 14.0 Å². The minimum atomic E-state index is -0.832. The van der Waals surface area contributed by atoms with Crippen LogP contribution in [0.4, 0.5) is 10.1 Å². The average Bonchev–Trinajstić information content (AvgIpc) is 2.67. The predicted octanol–water partition coefficient (Wildman–Crippen LogP) is 3.89. The fraction of sp³-hybridized carbons (Fsp3) is 0.300. The largest absolute Gasteiger partial charge is 0.493 e. The standard InChI is InChI=1S/C20H22ClFN2O4/c1-11(2)18(24-19(25)12-5-7-13(22)8-6-12)20(26)23-15-10-17(28-4)16(27-3)9-14(15)21/h5-11,18H,1-4H3,(H,23,26)(H,24,25). The topological polar surface area (TPSA) is 76.7 Å². The number of carbonyl (C=O) groups excluding carboxylic acids is 2. The Labute approximate surface area is 168 Å². The number of carbonyl (C=O) groups is 2. The van der Waals surface area contributed by atoms with Crippen LogP contribution in [-0.4, -0.2) is 32.1 Å². The average molecular weight is 409 g/mol. The molecule has 6 nitrogen and oxygen atoms in total. The molecule has 0 spiro atoms. The van der Waals surface area contributed by atoms with E-state index in [1.807, 2.05) is 0 Å². The Kier molecular flexibility index (Phi) is 7.23. The lowest BCUT2D eigenvalue weighted by Gasteiger charge is -2.22. The highest BCUT2D eigenvalue weighted by atomic mass is 35.5. The number of hydrogen-bond donors (Lipinski definition) is 2. The van der Waals surface area contributed by atoms with Crippen molar-refractivity contribution in [2.45, 2.75) is 19.9 Å². The van der Waals surface area contributed by atoms with Gasteiger partial charge in [0.25, 0.3) is 5.91 Å². The van der Waals surface area contributed by atoms with Crippen LogP contribution in [-0.2, 0) is 4.79 Å². The number of halogens is 2. The Morgan fingerprint density at radius 2 is 1.61 bits per heavy atom. The molecular weight excluding hydrogens is 387 g/mol. The van der Waals surface area contributed by atoms with Crippen LogP contribution >= 0.6 is 11.6 Å². The van der Waals surface area contributed by atoms with Gasteiger partial charge < -0.3 is 20.1 Å². The normalized spacial score (nSPS) is 11.7. The molecule has 150 valence electrons. The van der Waals surface area contributed by atoms with Crippen molar-refractivity contribution in [1.82, 2.24) is 5.32 Å². The van der Waals surface area contributed by atoms with Crippen molar-refractivity contribution in [3.63, 3.8) is 0 Å². The van der Waals surface area contributed by atoms with Gasteiger partial charge in [-0.25, -0.2) is 4.39 Å². The first-order valence-electron chi connectivity index (χ1n) is 8.55. The molecule has 0 saturated carbocycles. The number of amides is 2. The fourth-order valence-corrected chi connectivity index (χ4v) is 2.72. The van der Waals surface area contributed by atoms with Crippen LogP contribution < -0.4 is 20.1 Å². The van der Waals surface area contributed by atoms with E-state index in [0.717, 1.165) is 0 Å². The molecule has 0 aliphatic rings. The molecule has 0 aliphatic carbocycles. The monoisotopic (exact) mass is 408 g/mol. The van der Waals surface area contributed by atoms with Gasteiger partial charge in [-0.05, 0) is 30.2 Å². The zero-order chi connectivity index (χ0) is 20.8. The van der Waals surface area contributed by atoms with E-state index in [-0.39, 0.29) is 16.5 Å². The molecule has 2 aromatic carbocycles. The maximum absolute atomic E-state index is 13.0. The quantitative estimate of drug-likeness (QED) is 0.728. The molecule has 2 amide bonds. The summed E-state index contributed by atoms with van der Waals surface area (Å²) in [5.74, 6) is -0.748. The number of nitrogens with one attached hydrogen (secondary N) is 2. The second-order valence-corrected chi connectivity index (χ2v) is 6.79. The lowest BCUT2D eigenvalue weighted by Crippen LogP contribution is -2.47. The molecule has 28 heavy (non-hydrogen) atoms. The summed E-state index contributed by atoms with van der Waals surface area (Å²) < 4.78 is 23.4. The van der Waals surface area contributed by atoms with Gasteiger partial charge in [-0.1, -0.05) is 25.4 Å². The molecule has 0 heterocycles. The molecule has 0 radical (unpaired) electrons. The molecule has 2 rings (SSSR count). The Morgan fingerprint density at radius 3 is 2.14 bits per heavy atom. The van der Waals surface area contributed by atoms with Crippen LogP contribution in [0.15, 0.2) is 36.4 Å². The smallest absolute Gasteiger partial charge is 0.251 e. The summed E-state index contributed by atoms with van der Waals surface area (Å²) in [6.07, 6.45) is 0. The molecule has 0 aliphatic heterocycles. The first-order valence-corrected chi connectivity index (χ1v) is 8.93. The number of anilines is 1. The summed E-state index contributed by atoms with van der Waals surface area (Å²) in [4.78, 5) is 25.2. The Bertz CT molecular complexity index is 856. The Balaban J connectivity index is 2.19. The summed E-state index contributed by atoms with van der Waals surface area (Å²) in [5, 5.41) is 5.64. The molecule has 0 aromatic heterocycles. The van der Waals surface area contributed by atoms with E-state index in [4.69, 9.17) is 21.1 Å². The minimum Gasteiger partial charge on any atom is -0.493 e. The number of benzene rings is 2. The predicted molar refractivity (Wildman–Crippen MR) is 106 cm³/mol. The van der Waals surface area contributed by atoms with Crippen molar-refractivity contribution in [2.24, 2.45) is 5.92 Å².